The van der Waals surface area contributed by atoms with Crippen LogP contribution in [-0.2, 0) is 4.74 Å². The van der Waals surface area contributed by atoms with Crippen LogP contribution in [0.1, 0.15) is 27.8 Å². The number of aromatic nitrogens is 2. The second kappa shape index (κ2) is 7.30. The number of ether oxygens (including phenoxy) is 2. The van der Waals surface area contributed by atoms with Crippen LogP contribution in [0.4, 0.5) is 8.78 Å². The van der Waals surface area contributed by atoms with E-state index in [4.69, 9.17) is 4.74 Å². The maximum absolute atomic E-state index is 12.3. The van der Waals surface area contributed by atoms with E-state index in [9.17, 15) is 18.4 Å². The molecule has 1 aromatic carbocycles. The third-order valence-corrected chi connectivity index (χ3v) is 3.59. The number of alkyl halides is 2. The first kappa shape index (κ1) is 17.5. The standard InChI is InChI=1S/C18H14F2N2O4/c1-11(16(23)12-5-7-13(8-6-12)26-18(19)20)25-17(24)14-10-22-9-3-2-4-15(22)21-14/h2-11,18H,1H3/t11-/m0/s1. The largest absolute Gasteiger partial charge is 0.449 e. The topological polar surface area (TPSA) is 69.9 Å². The van der Waals surface area contributed by atoms with Crippen molar-refractivity contribution in [3.05, 3.63) is 66.1 Å². The quantitative estimate of drug-likeness (QED) is 0.498. The van der Waals surface area contributed by atoms with Crippen molar-refractivity contribution in [2.45, 2.75) is 19.6 Å². The monoisotopic (exact) mass is 360 g/mol. The van der Waals surface area contributed by atoms with Gasteiger partial charge < -0.3 is 13.9 Å². The van der Waals surface area contributed by atoms with Crippen LogP contribution in [0.3, 0.4) is 0 Å². The number of carbonyl (C=O) groups is 2. The Bertz CT molecular complexity index is 905. The molecule has 0 radical (unpaired) electrons. The summed E-state index contributed by atoms with van der Waals surface area (Å²) in [6.45, 7) is -1.51. The highest BCUT2D eigenvalue weighted by molar-refractivity contribution is 6.01. The normalized spacial score (nSPS) is 12.2. The van der Waals surface area contributed by atoms with Crippen LogP contribution in [-0.4, -0.2) is 33.9 Å². The number of carbonyl (C=O) groups excluding carboxylic acids is 2. The number of halogens is 2. The maximum atomic E-state index is 12.3. The average Bonchev–Trinajstić information content (AvgIpc) is 3.05. The first-order valence-corrected chi connectivity index (χ1v) is 7.68. The summed E-state index contributed by atoms with van der Waals surface area (Å²) >= 11 is 0. The summed E-state index contributed by atoms with van der Waals surface area (Å²) in [5.74, 6) is -1.26. The number of Topliss-reactive ketones (excluding diaryl/α,β-unsaturated/α-hetero) is 1. The van der Waals surface area contributed by atoms with Crippen LogP contribution in [0.2, 0.25) is 0 Å². The zero-order chi connectivity index (χ0) is 18.7. The molecule has 0 fully saturated rings. The smallest absolute Gasteiger partial charge is 0.387 e. The first-order valence-electron chi connectivity index (χ1n) is 7.68. The Morgan fingerprint density at radius 2 is 1.85 bits per heavy atom. The molecule has 0 aliphatic carbocycles. The molecule has 0 aliphatic rings. The SMILES string of the molecule is C[C@H](OC(=O)c1cn2ccccc2n1)C(=O)c1ccc(OC(F)F)cc1. The minimum Gasteiger partial charge on any atom is -0.449 e. The van der Waals surface area contributed by atoms with E-state index >= 15 is 0 Å². The molecule has 2 heterocycles. The van der Waals surface area contributed by atoms with Gasteiger partial charge in [-0.3, -0.25) is 4.79 Å². The van der Waals surface area contributed by atoms with Crippen molar-refractivity contribution in [2.75, 3.05) is 0 Å². The van der Waals surface area contributed by atoms with Crippen LogP contribution >= 0.6 is 0 Å². The van der Waals surface area contributed by atoms with Gasteiger partial charge in [-0.05, 0) is 43.3 Å². The second-order valence-electron chi connectivity index (χ2n) is 5.41. The summed E-state index contributed by atoms with van der Waals surface area (Å²) in [6, 6.07) is 10.5. The lowest BCUT2D eigenvalue weighted by Gasteiger charge is -2.12. The van der Waals surface area contributed by atoms with E-state index in [1.54, 1.807) is 28.8 Å². The van der Waals surface area contributed by atoms with Crippen LogP contribution in [0.15, 0.2) is 54.9 Å². The Morgan fingerprint density at radius 1 is 1.12 bits per heavy atom. The summed E-state index contributed by atoms with van der Waals surface area (Å²) < 4.78 is 35.3. The number of esters is 1. The van der Waals surface area contributed by atoms with Gasteiger partial charge in [0.05, 0.1) is 0 Å². The molecule has 134 valence electrons. The molecular formula is C18H14F2N2O4. The highest BCUT2D eigenvalue weighted by Crippen LogP contribution is 2.17. The second-order valence-corrected chi connectivity index (χ2v) is 5.41. The van der Waals surface area contributed by atoms with Gasteiger partial charge in [0.25, 0.3) is 0 Å². The van der Waals surface area contributed by atoms with Gasteiger partial charge in [0.1, 0.15) is 11.4 Å². The number of hydrogen-bond acceptors (Lipinski definition) is 5. The van der Waals surface area contributed by atoms with Crippen LogP contribution < -0.4 is 4.74 Å². The van der Waals surface area contributed by atoms with E-state index in [0.717, 1.165) is 0 Å². The molecule has 0 bridgehead atoms. The number of benzene rings is 1. The number of nitrogens with zero attached hydrogens (tertiary/aromatic N) is 2. The summed E-state index contributed by atoms with van der Waals surface area (Å²) in [4.78, 5) is 28.6. The van der Waals surface area contributed by atoms with E-state index in [1.165, 1.54) is 37.4 Å². The minimum absolute atomic E-state index is 0.0640. The first-order chi connectivity index (χ1) is 12.4. The molecule has 0 amide bonds. The van der Waals surface area contributed by atoms with Gasteiger partial charge in [0.2, 0.25) is 5.78 Å². The maximum Gasteiger partial charge on any atom is 0.387 e. The molecule has 0 N–H and O–H groups in total. The lowest BCUT2D eigenvalue weighted by Crippen LogP contribution is -2.24. The molecule has 8 heteroatoms. The number of fused-ring (bicyclic) bond motifs is 1. The number of ketones is 1. The lowest BCUT2D eigenvalue weighted by molar-refractivity contribution is -0.0498. The van der Waals surface area contributed by atoms with Gasteiger partial charge in [-0.1, -0.05) is 6.07 Å². The van der Waals surface area contributed by atoms with Gasteiger partial charge in [-0.25, -0.2) is 9.78 Å². The van der Waals surface area contributed by atoms with E-state index in [0.29, 0.717) is 5.65 Å². The van der Waals surface area contributed by atoms with Crippen molar-refractivity contribution in [3.8, 4) is 5.75 Å². The zero-order valence-electron chi connectivity index (χ0n) is 13.6. The Balaban J connectivity index is 1.67. The van der Waals surface area contributed by atoms with E-state index < -0.39 is 24.5 Å². The van der Waals surface area contributed by atoms with Gasteiger partial charge >= 0.3 is 12.6 Å². The molecule has 0 aliphatic heterocycles. The van der Waals surface area contributed by atoms with E-state index in [1.807, 2.05) is 0 Å². The summed E-state index contributed by atoms with van der Waals surface area (Å²) in [7, 11) is 0. The fraction of sp³-hybridized carbons (Fsp3) is 0.167. The van der Waals surface area contributed by atoms with E-state index in [-0.39, 0.29) is 17.0 Å². The van der Waals surface area contributed by atoms with Crippen molar-refractivity contribution in [1.29, 1.82) is 0 Å². The molecule has 26 heavy (non-hydrogen) atoms. The zero-order valence-corrected chi connectivity index (χ0v) is 13.6. The predicted molar refractivity (Wildman–Crippen MR) is 87.5 cm³/mol. The third kappa shape index (κ3) is 3.85. The Hall–Kier alpha value is -3.29. The summed E-state index contributed by atoms with van der Waals surface area (Å²) in [5, 5.41) is 0. The average molecular weight is 360 g/mol. The molecule has 6 nitrogen and oxygen atoms in total. The lowest BCUT2D eigenvalue weighted by atomic mass is 10.1. The van der Waals surface area contributed by atoms with E-state index in [2.05, 4.69) is 9.72 Å². The van der Waals surface area contributed by atoms with Crippen molar-refractivity contribution in [1.82, 2.24) is 9.38 Å². The highest BCUT2D eigenvalue weighted by Gasteiger charge is 2.22. The number of rotatable bonds is 6. The van der Waals surface area contributed by atoms with Crippen molar-refractivity contribution < 1.29 is 27.8 Å². The molecule has 2 aromatic heterocycles. The number of pyridine rings is 1. The molecule has 1 atom stereocenters. The highest BCUT2D eigenvalue weighted by atomic mass is 19.3. The van der Waals surface area contributed by atoms with Crippen molar-refractivity contribution in [3.63, 3.8) is 0 Å². The summed E-state index contributed by atoms with van der Waals surface area (Å²) in [6.07, 6.45) is 2.18. The fourth-order valence-corrected chi connectivity index (χ4v) is 2.34. The van der Waals surface area contributed by atoms with Crippen molar-refractivity contribution in [2.24, 2.45) is 0 Å². The molecule has 0 saturated carbocycles. The number of imidazole rings is 1. The van der Waals surface area contributed by atoms with Gasteiger partial charge in [0.15, 0.2) is 11.8 Å². The molecule has 3 rings (SSSR count). The molecule has 0 saturated heterocycles. The van der Waals surface area contributed by atoms with Crippen LogP contribution in [0, 0.1) is 0 Å². The number of hydrogen-bond donors (Lipinski definition) is 0. The Labute approximate surface area is 147 Å². The van der Waals surface area contributed by atoms with Gasteiger partial charge in [-0.15, -0.1) is 0 Å². The van der Waals surface area contributed by atoms with Gasteiger partial charge in [-0.2, -0.15) is 8.78 Å². The van der Waals surface area contributed by atoms with Gasteiger partial charge in [0, 0.05) is 18.0 Å². The summed E-state index contributed by atoms with van der Waals surface area (Å²) in [5.41, 5.74) is 0.867. The van der Waals surface area contributed by atoms with Crippen LogP contribution in [0.5, 0.6) is 5.75 Å². The van der Waals surface area contributed by atoms with Crippen molar-refractivity contribution >= 4 is 17.4 Å². The molecule has 0 unspecified atom stereocenters. The van der Waals surface area contributed by atoms with Crippen LogP contribution in [0.25, 0.3) is 5.65 Å². The predicted octanol–water partition coefficient (Wildman–Crippen LogP) is 3.36. The Kier molecular flexibility index (Phi) is 4.92. The molecule has 0 spiro atoms. The fourth-order valence-electron chi connectivity index (χ4n) is 2.34. The minimum atomic E-state index is -2.94. The molecular weight excluding hydrogens is 346 g/mol. The Morgan fingerprint density at radius 3 is 2.50 bits per heavy atom. The third-order valence-electron chi connectivity index (χ3n) is 3.59. The molecule has 3 aromatic rings.